The van der Waals surface area contributed by atoms with Gasteiger partial charge in [-0.2, -0.15) is 0 Å². The van der Waals surface area contributed by atoms with E-state index in [1.807, 2.05) is 6.08 Å². The van der Waals surface area contributed by atoms with Crippen LogP contribution < -0.4 is 5.32 Å². The lowest BCUT2D eigenvalue weighted by molar-refractivity contribution is -0.305. The molecule has 0 spiro atoms. The van der Waals surface area contributed by atoms with E-state index in [1.165, 1.54) is 225 Å². The van der Waals surface area contributed by atoms with Crippen molar-refractivity contribution in [3.63, 3.8) is 0 Å². The van der Waals surface area contributed by atoms with Gasteiger partial charge >= 0.3 is 5.97 Å². The van der Waals surface area contributed by atoms with Crippen molar-refractivity contribution in [2.24, 2.45) is 0 Å². The van der Waals surface area contributed by atoms with Gasteiger partial charge in [-0.05, 0) is 89.9 Å². The summed E-state index contributed by atoms with van der Waals surface area (Å²) in [6.07, 6.45) is 71.2. The molecule has 87 heavy (non-hydrogen) atoms. The molecule has 0 radical (unpaired) electrons. The normalized spacial score (nSPS) is 18.6. The molecule has 0 aromatic carbocycles. The fraction of sp³-hybridized carbons (Fsp3) is 0.842. The van der Waals surface area contributed by atoms with Crippen LogP contribution in [0.25, 0.3) is 0 Å². The highest BCUT2D eigenvalue weighted by atomic mass is 16.7. The number of rotatable bonds is 64. The van der Waals surface area contributed by atoms with E-state index in [4.69, 9.17) is 14.2 Å². The lowest BCUT2D eigenvalue weighted by Gasteiger charge is -2.41. The zero-order chi connectivity index (χ0) is 63.1. The molecule has 6 N–H and O–H groups in total. The summed E-state index contributed by atoms with van der Waals surface area (Å²) < 4.78 is 17.7. The smallest absolute Gasteiger partial charge is 0.306 e. The zero-order valence-corrected chi connectivity index (χ0v) is 56.6. The van der Waals surface area contributed by atoms with Crippen molar-refractivity contribution in [3.05, 3.63) is 60.8 Å². The van der Waals surface area contributed by atoms with Gasteiger partial charge in [0.25, 0.3) is 0 Å². The topological polar surface area (TPSA) is 175 Å². The van der Waals surface area contributed by atoms with Crippen molar-refractivity contribution < 1.29 is 49.3 Å². The fourth-order valence-electron chi connectivity index (χ4n) is 11.5. The highest BCUT2D eigenvalue weighted by molar-refractivity contribution is 5.80. The summed E-state index contributed by atoms with van der Waals surface area (Å²) in [5.41, 5.74) is 0. The van der Waals surface area contributed by atoms with Gasteiger partial charge in [-0.25, -0.2) is 0 Å². The first-order valence-corrected chi connectivity index (χ1v) is 37.1. The second-order valence-corrected chi connectivity index (χ2v) is 25.7. The molecule has 0 aromatic heterocycles. The van der Waals surface area contributed by atoms with Crippen molar-refractivity contribution in [1.82, 2.24) is 5.32 Å². The van der Waals surface area contributed by atoms with Crippen LogP contribution in [0, 0.1) is 0 Å². The summed E-state index contributed by atoms with van der Waals surface area (Å²) in [6, 6.07) is -1.03. The first-order valence-electron chi connectivity index (χ1n) is 37.1. The molecule has 1 aliphatic heterocycles. The van der Waals surface area contributed by atoms with Crippen LogP contribution in [-0.2, 0) is 23.8 Å². The molecule has 0 aromatic rings. The Bertz CT molecular complexity index is 1650. The second kappa shape index (κ2) is 63.5. The Labute approximate surface area is 535 Å². The Morgan fingerprint density at radius 1 is 0.448 bits per heavy atom. The number of amides is 1. The highest BCUT2D eigenvalue weighted by Gasteiger charge is 2.47. The average Bonchev–Trinajstić information content (AvgIpc) is 1.52. The summed E-state index contributed by atoms with van der Waals surface area (Å²) in [6.45, 7) is 5.79. The Hall–Kier alpha value is -2.64. The molecule has 1 saturated heterocycles. The molecule has 0 bridgehead atoms. The summed E-state index contributed by atoms with van der Waals surface area (Å²) in [5.74, 6) is -1.19. The molecule has 1 fully saturated rings. The monoisotopic (exact) mass is 1230 g/mol. The number of aliphatic hydroxyl groups excluding tert-OH is 5. The van der Waals surface area contributed by atoms with E-state index in [2.05, 4.69) is 74.7 Å². The maximum absolute atomic E-state index is 13.5. The molecule has 1 heterocycles. The van der Waals surface area contributed by atoms with Crippen LogP contribution in [0.3, 0.4) is 0 Å². The first-order chi connectivity index (χ1) is 42.7. The molecule has 508 valence electrons. The number of carbonyl (C=O) groups excluding carboxylic acids is 2. The van der Waals surface area contributed by atoms with E-state index < -0.39 is 67.4 Å². The SMILES string of the molecule is CCCCC/C=C\C/C=C\CCCCCCCCCCCCCCCCCCC(O)C(=O)NC(COC1OC(CO)C(O)C(O)C1OC(=O)CCCCCCCCCCC/C=C\C/C=C\CCCCC)C(O)/C=C/CCCCCCCCCCCCC. The molecule has 11 heteroatoms. The molecule has 8 atom stereocenters. The van der Waals surface area contributed by atoms with Gasteiger partial charge in [0.1, 0.15) is 24.4 Å². The van der Waals surface area contributed by atoms with Crippen molar-refractivity contribution in [2.75, 3.05) is 13.2 Å². The van der Waals surface area contributed by atoms with Crippen LogP contribution in [0.2, 0.25) is 0 Å². The van der Waals surface area contributed by atoms with Gasteiger partial charge < -0.3 is 45.1 Å². The minimum Gasteiger partial charge on any atom is -0.454 e. The summed E-state index contributed by atoms with van der Waals surface area (Å²) in [7, 11) is 0. The van der Waals surface area contributed by atoms with E-state index in [9.17, 15) is 35.1 Å². The lowest BCUT2D eigenvalue weighted by atomic mass is 9.99. The van der Waals surface area contributed by atoms with E-state index in [1.54, 1.807) is 6.08 Å². The molecule has 8 unspecified atom stereocenters. The largest absolute Gasteiger partial charge is 0.454 e. The van der Waals surface area contributed by atoms with Crippen LogP contribution in [0.15, 0.2) is 60.8 Å². The Morgan fingerprint density at radius 2 is 0.793 bits per heavy atom. The van der Waals surface area contributed by atoms with Gasteiger partial charge in [-0.3, -0.25) is 9.59 Å². The van der Waals surface area contributed by atoms with Gasteiger partial charge in [0.05, 0.1) is 25.4 Å². The van der Waals surface area contributed by atoms with Gasteiger partial charge in [0, 0.05) is 6.42 Å². The molecular formula is C76H139NO10. The first kappa shape index (κ1) is 82.4. The van der Waals surface area contributed by atoms with Crippen LogP contribution in [0.4, 0.5) is 0 Å². The number of unbranched alkanes of at least 4 members (excludes halogenated alkanes) is 42. The summed E-state index contributed by atoms with van der Waals surface area (Å²) in [5, 5.41) is 57.3. The van der Waals surface area contributed by atoms with Crippen LogP contribution >= 0.6 is 0 Å². The number of allylic oxidation sites excluding steroid dienone is 9. The van der Waals surface area contributed by atoms with Gasteiger partial charge in [0.2, 0.25) is 5.91 Å². The third kappa shape index (κ3) is 50.7. The van der Waals surface area contributed by atoms with E-state index in [0.29, 0.717) is 19.3 Å². The second-order valence-electron chi connectivity index (χ2n) is 25.7. The predicted octanol–water partition coefficient (Wildman–Crippen LogP) is 19.3. The quantitative estimate of drug-likeness (QED) is 0.0195. The molecule has 0 saturated carbocycles. The number of nitrogens with one attached hydrogen (secondary N) is 1. The predicted molar refractivity (Wildman–Crippen MR) is 366 cm³/mol. The minimum atomic E-state index is -1.62. The van der Waals surface area contributed by atoms with Gasteiger partial charge in [-0.1, -0.05) is 313 Å². The molecule has 1 rings (SSSR count). The standard InChI is InChI=1S/C76H139NO10/c1-4-7-10-13-16-19-22-25-27-29-31-32-33-34-35-36-37-39-40-42-45-48-51-54-57-60-63-69(80)75(84)77-67(68(79)62-59-56-53-50-47-44-24-21-18-15-12-9-6-3)66-85-76-74(73(83)72(82)70(65-78)86-76)87-71(81)64-61-58-55-52-49-46-43-41-38-30-28-26-23-20-17-14-11-8-5-2/h16-17,19-20,25-28,59,62,67-70,72-74,76,78-80,82-83H,4-15,18,21-24,29-58,60-61,63-66H2,1-3H3,(H,77,84)/b19-16-,20-17-,27-25-,28-26-,62-59+. The average molecular weight is 1230 g/mol. The highest BCUT2D eigenvalue weighted by Crippen LogP contribution is 2.26. The number of hydrogen-bond acceptors (Lipinski definition) is 10. The van der Waals surface area contributed by atoms with Crippen molar-refractivity contribution in [2.45, 2.75) is 397 Å². The Kier molecular flexibility index (Phi) is 60.1. The molecule has 11 nitrogen and oxygen atoms in total. The number of carbonyl (C=O) groups is 2. The van der Waals surface area contributed by atoms with Crippen molar-refractivity contribution in [1.29, 1.82) is 0 Å². The van der Waals surface area contributed by atoms with E-state index >= 15 is 0 Å². The van der Waals surface area contributed by atoms with Gasteiger partial charge in [0.15, 0.2) is 12.4 Å². The van der Waals surface area contributed by atoms with Crippen LogP contribution in [0.5, 0.6) is 0 Å². The number of esters is 1. The fourth-order valence-corrected chi connectivity index (χ4v) is 11.5. The third-order valence-corrected chi connectivity index (χ3v) is 17.4. The van der Waals surface area contributed by atoms with Crippen molar-refractivity contribution >= 4 is 11.9 Å². The maximum Gasteiger partial charge on any atom is 0.306 e. The number of aliphatic hydroxyl groups is 5. The van der Waals surface area contributed by atoms with E-state index in [-0.39, 0.29) is 13.0 Å². The van der Waals surface area contributed by atoms with Gasteiger partial charge in [-0.15, -0.1) is 0 Å². The Balaban J connectivity index is 2.55. The third-order valence-electron chi connectivity index (χ3n) is 17.4. The summed E-state index contributed by atoms with van der Waals surface area (Å²) >= 11 is 0. The van der Waals surface area contributed by atoms with Crippen LogP contribution in [0.1, 0.15) is 348 Å². The van der Waals surface area contributed by atoms with Crippen LogP contribution in [-0.4, -0.2) is 99.6 Å². The Morgan fingerprint density at radius 3 is 1.20 bits per heavy atom. The lowest BCUT2D eigenvalue weighted by Crippen LogP contribution is -2.61. The maximum atomic E-state index is 13.5. The number of hydrogen-bond donors (Lipinski definition) is 6. The van der Waals surface area contributed by atoms with Crippen molar-refractivity contribution in [3.8, 4) is 0 Å². The minimum absolute atomic E-state index is 0.120. The summed E-state index contributed by atoms with van der Waals surface area (Å²) in [4.78, 5) is 26.7. The molecule has 0 aliphatic carbocycles. The molecule has 1 amide bonds. The molecular weight excluding hydrogens is 1090 g/mol. The van der Waals surface area contributed by atoms with E-state index in [0.717, 1.165) is 77.0 Å². The zero-order valence-electron chi connectivity index (χ0n) is 56.6. The number of ether oxygens (including phenoxy) is 3. The molecule has 1 aliphatic rings.